The zero-order chi connectivity index (χ0) is 9.54. The van der Waals surface area contributed by atoms with Crippen molar-refractivity contribution in [2.24, 2.45) is 0 Å². The van der Waals surface area contributed by atoms with Gasteiger partial charge in [-0.25, -0.2) is 0 Å². The topological polar surface area (TPSA) is 21.5 Å². The molecule has 0 spiro atoms. The quantitative estimate of drug-likeness (QED) is 0.611. The molecule has 2 heterocycles. The van der Waals surface area contributed by atoms with Gasteiger partial charge in [-0.1, -0.05) is 24.3 Å². The van der Waals surface area contributed by atoms with E-state index in [9.17, 15) is 4.79 Å². The number of allylic oxidation sites excluding steroid dienone is 1. The Balaban J connectivity index is 2.63. The van der Waals surface area contributed by atoms with Gasteiger partial charge < -0.3 is 0 Å². The first-order valence-electron chi connectivity index (χ1n) is 4.66. The molecule has 0 fully saturated rings. The second-order valence-electron chi connectivity index (χ2n) is 3.49. The summed E-state index contributed by atoms with van der Waals surface area (Å²) in [6, 6.07) is 7.49. The summed E-state index contributed by atoms with van der Waals surface area (Å²) >= 11 is 0. The fourth-order valence-corrected chi connectivity index (χ4v) is 1.99. The van der Waals surface area contributed by atoms with Crippen LogP contribution in [0.1, 0.15) is 11.1 Å². The molecule has 0 unspecified atom stereocenters. The van der Waals surface area contributed by atoms with Gasteiger partial charge in [0.1, 0.15) is 0 Å². The molecule has 2 aromatic rings. The van der Waals surface area contributed by atoms with Crippen molar-refractivity contribution in [3.05, 3.63) is 58.0 Å². The molecule has 0 bridgehead atoms. The Morgan fingerprint density at radius 3 is 3.07 bits per heavy atom. The third-order valence-electron chi connectivity index (χ3n) is 2.63. The van der Waals surface area contributed by atoms with Gasteiger partial charge in [0.2, 0.25) is 0 Å². The van der Waals surface area contributed by atoms with Gasteiger partial charge in [0.25, 0.3) is 5.56 Å². The minimum Gasteiger partial charge on any atom is -0.283 e. The van der Waals surface area contributed by atoms with Crippen molar-refractivity contribution >= 4 is 11.6 Å². The Kier molecular flexibility index (Phi) is 1.39. The molecular formula is C12H9NO. The molecular weight excluding hydrogens is 174 g/mol. The summed E-state index contributed by atoms with van der Waals surface area (Å²) in [4.78, 5) is 11.6. The summed E-state index contributed by atoms with van der Waals surface area (Å²) < 4.78 is 1.72. The van der Waals surface area contributed by atoms with Crippen LogP contribution in [0.25, 0.3) is 11.6 Å². The molecule has 0 aliphatic heterocycles. The molecule has 3 rings (SSSR count). The van der Waals surface area contributed by atoms with Crippen LogP contribution in [0.3, 0.4) is 0 Å². The number of aromatic nitrogens is 1. The van der Waals surface area contributed by atoms with Crippen molar-refractivity contribution < 1.29 is 0 Å². The van der Waals surface area contributed by atoms with E-state index in [0.717, 1.165) is 17.5 Å². The monoisotopic (exact) mass is 183 g/mol. The fraction of sp³-hybridized carbons (Fsp3) is 0.0833. The molecule has 14 heavy (non-hydrogen) atoms. The highest BCUT2D eigenvalue weighted by atomic mass is 16.1. The fourth-order valence-electron chi connectivity index (χ4n) is 1.99. The standard InChI is InChI=1S/C12H9NO/c14-11-7-6-10-4-1-3-9-5-2-8-13(11)12(9)10/h1-3,5-8H,4H2. The van der Waals surface area contributed by atoms with Gasteiger partial charge in [-0.2, -0.15) is 0 Å². The second-order valence-corrected chi connectivity index (χ2v) is 3.49. The average molecular weight is 183 g/mol. The van der Waals surface area contributed by atoms with E-state index >= 15 is 0 Å². The van der Waals surface area contributed by atoms with E-state index in [-0.39, 0.29) is 5.56 Å². The molecule has 2 aromatic heterocycles. The molecule has 2 nitrogen and oxygen atoms in total. The predicted octanol–water partition coefficient (Wildman–Crippen LogP) is 1.87. The number of pyridine rings is 2. The Morgan fingerprint density at radius 1 is 1.21 bits per heavy atom. The lowest BCUT2D eigenvalue weighted by molar-refractivity contribution is 1.06. The van der Waals surface area contributed by atoms with E-state index in [1.807, 2.05) is 24.4 Å². The van der Waals surface area contributed by atoms with Crippen LogP contribution in [0.15, 0.2) is 41.3 Å². The van der Waals surface area contributed by atoms with Crippen LogP contribution in [-0.4, -0.2) is 4.40 Å². The zero-order valence-corrected chi connectivity index (χ0v) is 7.60. The number of hydrogen-bond acceptors (Lipinski definition) is 1. The van der Waals surface area contributed by atoms with Gasteiger partial charge in [0.15, 0.2) is 0 Å². The maximum atomic E-state index is 11.6. The van der Waals surface area contributed by atoms with Crippen LogP contribution in [0.2, 0.25) is 0 Å². The summed E-state index contributed by atoms with van der Waals surface area (Å²) in [7, 11) is 0. The van der Waals surface area contributed by atoms with Crippen LogP contribution in [0.4, 0.5) is 0 Å². The smallest absolute Gasteiger partial charge is 0.255 e. The van der Waals surface area contributed by atoms with Crippen LogP contribution in [0.5, 0.6) is 0 Å². The molecule has 0 N–H and O–H groups in total. The largest absolute Gasteiger partial charge is 0.283 e. The predicted molar refractivity (Wildman–Crippen MR) is 56.4 cm³/mol. The Morgan fingerprint density at radius 2 is 2.14 bits per heavy atom. The van der Waals surface area contributed by atoms with Crippen molar-refractivity contribution in [2.45, 2.75) is 6.42 Å². The molecule has 0 atom stereocenters. The van der Waals surface area contributed by atoms with E-state index in [0.29, 0.717) is 0 Å². The van der Waals surface area contributed by atoms with Crippen LogP contribution in [-0.2, 0) is 6.42 Å². The third kappa shape index (κ3) is 0.880. The maximum Gasteiger partial charge on any atom is 0.255 e. The minimum atomic E-state index is 0.0425. The van der Waals surface area contributed by atoms with E-state index in [1.54, 1.807) is 10.5 Å². The van der Waals surface area contributed by atoms with Gasteiger partial charge in [-0.3, -0.25) is 9.20 Å². The van der Waals surface area contributed by atoms with Crippen molar-refractivity contribution in [2.75, 3.05) is 0 Å². The summed E-state index contributed by atoms with van der Waals surface area (Å²) in [5.74, 6) is 0. The first kappa shape index (κ1) is 7.56. The van der Waals surface area contributed by atoms with Gasteiger partial charge in [-0.15, -0.1) is 0 Å². The van der Waals surface area contributed by atoms with E-state index < -0.39 is 0 Å². The maximum absolute atomic E-state index is 11.6. The summed E-state index contributed by atoms with van der Waals surface area (Å²) in [6.07, 6.45) is 6.94. The van der Waals surface area contributed by atoms with Crippen LogP contribution >= 0.6 is 0 Å². The first-order valence-corrected chi connectivity index (χ1v) is 4.66. The van der Waals surface area contributed by atoms with Gasteiger partial charge in [-0.05, 0) is 23.6 Å². The van der Waals surface area contributed by atoms with Gasteiger partial charge >= 0.3 is 0 Å². The number of nitrogens with zero attached hydrogens (tertiary/aromatic N) is 1. The number of rotatable bonds is 0. The average Bonchev–Trinajstić information content (AvgIpc) is 2.24. The molecule has 0 radical (unpaired) electrons. The van der Waals surface area contributed by atoms with Crippen molar-refractivity contribution in [3.8, 4) is 0 Å². The first-order chi connectivity index (χ1) is 6.86. The third-order valence-corrected chi connectivity index (χ3v) is 2.63. The number of hydrogen-bond donors (Lipinski definition) is 0. The SMILES string of the molecule is O=c1ccc2c3c(cccn13)C=CC2. The molecule has 68 valence electrons. The molecule has 0 saturated heterocycles. The highest BCUT2D eigenvalue weighted by Crippen LogP contribution is 2.21. The summed E-state index contributed by atoms with van der Waals surface area (Å²) in [6.45, 7) is 0. The molecule has 1 aliphatic rings. The molecule has 2 heteroatoms. The lowest BCUT2D eigenvalue weighted by Gasteiger charge is -2.12. The van der Waals surface area contributed by atoms with Crippen molar-refractivity contribution in [1.82, 2.24) is 4.40 Å². The zero-order valence-electron chi connectivity index (χ0n) is 7.60. The minimum absolute atomic E-state index is 0.0425. The highest BCUT2D eigenvalue weighted by Gasteiger charge is 2.08. The van der Waals surface area contributed by atoms with Gasteiger partial charge in [0, 0.05) is 12.3 Å². The Hall–Kier alpha value is -1.83. The Bertz CT molecular complexity index is 593. The summed E-state index contributed by atoms with van der Waals surface area (Å²) in [5.41, 5.74) is 3.46. The van der Waals surface area contributed by atoms with E-state index in [1.165, 1.54) is 5.56 Å². The molecule has 0 amide bonds. The molecule has 1 aliphatic carbocycles. The normalized spacial score (nSPS) is 13.4. The highest BCUT2D eigenvalue weighted by molar-refractivity contribution is 5.75. The Labute approximate surface area is 81.1 Å². The van der Waals surface area contributed by atoms with Crippen molar-refractivity contribution in [3.63, 3.8) is 0 Å². The van der Waals surface area contributed by atoms with E-state index in [4.69, 9.17) is 0 Å². The lowest BCUT2D eigenvalue weighted by atomic mass is 10.0. The molecule has 0 aromatic carbocycles. The second kappa shape index (κ2) is 2.58. The van der Waals surface area contributed by atoms with Gasteiger partial charge in [0.05, 0.1) is 5.52 Å². The van der Waals surface area contributed by atoms with E-state index in [2.05, 4.69) is 12.2 Å². The van der Waals surface area contributed by atoms with Crippen LogP contribution < -0.4 is 5.56 Å². The van der Waals surface area contributed by atoms with Crippen molar-refractivity contribution in [1.29, 1.82) is 0 Å². The van der Waals surface area contributed by atoms with Crippen LogP contribution in [0, 0.1) is 0 Å². The lowest BCUT2D eigenvalue weighted by Crippen LogP contribution is -2.14. The molecule has 0 saturated carbocycles. The summed E-state index contributed by atoms with van der Waals surface area (Å²) in [5, 5.41) is 0.